The third kappa shape index (κ3) is 2.77. The van der Waals surface area contributed by atoms with Crippen molar-refractivity contribution in [1.82, 2.24) is 4.98 Å². The number of fused-ring (bicyclic) bond motifs is 1. The van der Waals surface area contributed by atoms with E-state index >= 15 is 0 Å². The molecular formula is C12H11NO6S. The summed E-state index contributed by atoms with van der Waals surface area (Å²) >= 11 is 0. The molecule has 106 valence electrons. The smallest absolute Gasteiger partial charge is 0.353 e. The third-order valence-electron chi connectivity index (χ3n) is 2.51. The van der Waals surface area contributed by atoms with Gasteiger partial charge in [-0.25, -0.2) is 4.79 Å². The summed E-state index contributed by atoms with van der Waals surface area (Å²) in [7, 11) is -4.40. The zero-order chi connectivity index (χ0) is 14.8. The number of aliphatic hydroxyl groups is 2. The molecule has 1 aromatic carbocycles. The first-order valence-electron chi connectivity index (χ1n) is 5.56. The summed E-state index contributed by atoms with van der Waals surface area (Å²) in [6, 6.07) is 7.40. The lowest BCUT2D eigenvalue weighted by molar-refractivity contribution is -0.145. The maximum atomic E-state index is 12.0. The highest BCUT2D eigenvalue weighted by atomic mass is 32.2. The molecule has 7 nitrogen and oxygen atoms in total. The van der Waals surface area contributed by atoms with Crippen LogP contribution in [-0.4, -0.2) is 42.3 Å². The topological polar surface area (TPSA) is 114 Å². The van der Waals surface area contributed by atoms with Crippen LogP contribution in [0, 0.1) is 0 Å². The van der Waals surface area contributed by atoms with E-state index in [9.17, 15) is 13.2 Å². The van der Waals surface area contributed by atoms with E-state index in [4.69, 9.17) is 10.2 Å². The van der Waals surface area contributed by atoms with E-state index in [0.717, 1.165) is 0 Å². The van der Waals surface area contributed by atoms with E-state index < -0.39 is 28.8 Å². The number of carbonyl (C=O) groups is 1. The molecule has 1 aromatic heterocycles. The summed E-state index contributed by atoms with van der Waals surface area (Å²) < 4.78 is 28.3. The Morgan fingerprint density at radius 2 is 2.05 bits per heavy atom. The van der Waals surface area contributed by atoms with Gasteiger partial charge in [0.25, 0.3) is 0 Å². The van der Waals surface area contributed by atoms with Crippen LogP contribution in [0.25, 0.3) is 10.9 Å². The van der Waals surface area contributed by atoms with Crippen LogP contribution in [-0.2, 0) is 19.1 Å². The van der Waals surface area contributed by atoms with Gasteiger partial charge in [-0.05, 0) is 24.3 Å². The summed E-state index contributed by atoms with van der Waals surface area (Å²) in [6.45, 7) is -0.925. The number of nitrogens with zero attached hydrogens (tertiary/aromatic N) is 1. The molecule has 0 radical (unpaired) electrons. The van der Waals surface area contributed by atoms with Crippen LogP contribution in [0.15, 0.2) is 41.4 Å². The molecule has 0 saturated carbocycles. The first kappa shape index (κ1) is 14.4. The fourth-order valence-corrected chi connectivity index (χ4v) is 2.68. The van der Waals surface area contributed by atoms with Crippen molar-refractivity contribution in [3.05, 3.63) is 36.5 Å². The first-order valence-corrected chi connectivity index (χ1v) is 6.97. The normalized spacial score (nSPS) is 13.1. The predicted molar refractivity (Wildman–Crippen MR) is 68.1 cm³/mol. The average molecular weight is 297 g/mol. The van der Waals surface area contributed by atoms with Crippen LogP contribution in [0.3, 0.4) is 0 Å². The Balaban J connectivity index is 2.45. The fraction of sp³-hybridized carbons (Fsp3) is 0.167. The molecule has 1 atom stereocenters. The van der Waals surface area contributed by atoms with Crippen molar-refractivity contribution in [3.63, 3.8) is 0 Å². The lowest BCUT2D eigenvalue weighted by Crippen LogP contribution is -2.28. The minimum atomic E-state index is -4.40. The van der Waals surface area contributed by atoms with Crippen molar-refractivity contribution >= 4 is 27.0 Å². The fourth-order valence-electron chi connectivity index (χ4n) is 1.58. The van der Waals surface area contributed by atoms with E-state index in [1.54, 1.807) is 12.1 Å². The molecule has 0 aliphatic carbocycles. The molecule has 0 amide bonds. The number of rotatable bonds is 4. The maximum Gasteiger partial charge on any atom is 0.353 e. The van der Waals surface area contributed by atoms with Crippen LogP contribution in [0.2, 0.25) is 0 Å². The largest absolute Gasteiger partial charge is 0.393 e. The van der Waals surface area contributed by atoms with Gasteiger partial charge in [0, 0.05) is 11.6 Å². The van der Waals surface area contributed by atoms with E-state index in [0.29, 0.717) is 10.9 Å². The molecule has 2 rings (SSSR count). The highest BCUT2D eigenvalue weighted by Gasteiger charge is 2.26. The summed E-state index contributed by atoms with van der Waals surface area (Å²) in [5.74, 6) is -1.44. The van der Waals surface area contributed by atoms with Crippen LogP contribution in [0.5, 0.6) is 0 Å². The number of hydrogen-bond acceptors (Lipinski definition) is 7. The van der Waals surface area contributed by atoms with Crippen LogP contribution >= 0.6 is 0 Å². The molecule has 0 fully saturated rings. The van der Waals surface area contributed by atoms with Crippen LogP contribution in [0.4, 0.5) is 0 Å². The zero-order valence-corrected chi connectivity index (χ0v) is 10.9. The first-order chi connectivity index (χ1) is 9.45. The summed E-state index contributed by atoms with van der Waals surface area (Å²) in [5, 5.41) is 17.9. The summed E-state index contributed by atoms with van der Waals surface area (Å²) in [5.41, 5.74) is 0.423. The number of carbonyl (C=O) groups excluding carboxylic acids is 1. The molecule has 0 bridgehead atoms. The number of benzene rings is 1. The van der Waals surface area contributed by atoms with Gasteiger partial charge < -0.3 is 14.4 Å². The minimum absolute atomic E-state index is 0.235. The Labute approximate surface area is 114 Å². The van der Waals surface area contributed by atoms with Gasteiger partial charge in [-0.2, -0.15) is 8.42 Å². The van der Waals surface area contributed by atoms with Gasteiger partial charge >= 0.3 is 16.1 Å². The second kappa shape index (κ2) is 5.53. The van der Waals surface area contributed by atoms with E-state index in [2.05, 4.69) is 9.17 Å². The number of pyridine rings is 1. The zero-order valence-electron chi connectivity index (χ0n) is 10.1. The van der Waals surface area contributed by atoms with Gasteiger partial charge in [0.05, 0.1) is 12.1 Å². The van der Waals surface area contributed by atoms with Crippen molar-refractivity contribution in [2.75, 3.05) is 6.61 Å². The molecule has 2 aromatic rings. The predicted octanol–water partition coefficient (Wildman–Crippen LogP) is -0.180. The highest BCUT2D eigenvalue weighted by molar-refractivity contribution is 7.87. The standard InChI is InChI=1S/C12H11NO6S/c14-7-10(15)12(16)19-20(17,18)11-5-1-4-9-8(11)3-2-6-13-9/h1-6,10,14-15H,7H2. The molecule has 2 N–H and O–H groups in total. The lowest BCUT2D eigenvalue weighted by Gasteiger charge is -2.10. The van der Waals surface area contributed by atoms with E-state index in [-0.39, 0.29) is 4.90 Å². The summed E-state index contributed by atoms with van der Waals surface area (Å²) in [4.78, 5) is 15.0. The molecule has 0 spiro atoms. The van der Waals surface area contributed by atoms with Crippen molar-refractivity contribution in [1.29, 1.82) is 0 Å². The highest BCUT2D eigenvalue weighted by Crippen LogP contribution is 2.23. The number of aromatic nitrogens is 1. The molecule has 1 unspecified atom stereocenters. The molecule has 0 saturated heterocycles. The Hall–Kier alpha value is -2.03. The third-order valence-corrected chi connectivity index (χ3v) is 3.79. The Kier molecular flexibility index (Phi) is 3.98. The van der Waals surface area contributed by atoms with Gasteiger partial charge in [-0.3, -0.25) is 4.98 Å². The lowest BCUT2D eigenvalue weighted by atomic mass is 10.2. The average Bonchev–Trinajstić information content (AvgIpc) is 2.45. The van der Waals surface area contributed by atoms with Gasteiger partial charge in [0.1, 0.15) is 4.90 Å². The molecule has 20 heavy (non-hydrogen) atoms. The second-order valence-corrected chi connectivity index (χ2v) is 5.40. The molecule has 1 heterocycles. The van der Waals surface area contributed by atoms with Crippen LogP contribution in [0.1, 0.15) is 0 Å². The molecule has 8 heteroatoms. The van der Waals surface area contributed by atoms with Crippen LogP contribution < -0.4 is 0 Å². The molecule has 0 aliphatic heterocycles. The van der Waals surface area contributed by atoms with Gasteiger partial charge in [0.15, 0.2) is 6.10 Å². The van der Waals surface area contributed by atoms with E-state index in [1.165, 1.54) is 24.4 Å². The monoisotopic (exact) mass is 297 g/mol. The number of aliphatic hydroxyl groups excluding tert-OH is 2. The van der Waals surface area contributed by atoms with Crippen molar-refractivity contribution in [3.8, 4) is 0 Å². The van der Waals surface area contributed by atoms with Crippen molar-refractivity contribution in [2.45, 2.75) is 11.0 Å². The minimum Gasteiger partial charge on any atom is -0.393 e. The molecule has 0 aliphatic rings. The summed E-state index contributed by atoms with van der Waals surface area (Å²) in [6.07, 6.45) is -0.404. The Bertz CT molecular complexity index is 737. The Morgan fingerprint density at radius 1 is 1.30 bits per heavy atom. The van der Waals surface area contributed by atoms with Gasteiger partial charge in [-0.15, -0.1) is 0 Å². The van der Waals surface area contributed by atoms with Gasteiger partial charge in [0.2, 0.25) is 0 Å². The molecular weight excluding hydrogens is 286 g/mol. The maximum absolute atomic E-state index is 12.0. The second-order valence-electron chi connectivity index (χ2n) is 3.88. The van der Waals surface area contributed by atoms with E-state index in [1.807, 2.05) is 0 Å². The quantitative estimate of drug-likeness (QED) is 0.752. The van der Waals surface area contributed by atoms with Crippen molar-refractivity contribution < 1.29 is 27.6 Å². The van der Waals surface area contributed by atoms with Gasteiger partial charge in [-0.1, -0.05) is 6.07 Å². The Morgan fingerprint density at radius 3 is 2.75 bits per heavy atom. The SMILES string of the molecule is O=C(OS(=O)(=O)c1cccc2ncccc12)C(O)CO. The van der Waals surface area contributed by atoms with Crippen molar-refractivity contribution in [2.24, 2.45) is 0 Å². The number of hydrogen-bond donors (Lipinski definition) is 2.